The maximum absolute atomic E-state index is 11.9. The topological polar surface area (TPSA) is 87.4 Å². The second-order valence-electron chi connectivity index (χ2n) is 5.07. The molecule has 0 aliphatic carbocycles. The molecular weight excluding hydrogens is 254 g/mol. The molecule has 1 rings (SSSR count). The predicted molar refractivity (Wildman–Crippen MR) is 80.5 cm³/mol. The lowest BCUT2D eigenvalue weighted by atomic mass is 10.1. The van der Waals surface area contributed by atoms with Gasteiger partial charge in [-0.15, -0.1) is 0 Å². The van der Waals surface area contributed by atoms with E-state index in [0.717, 1.165) is 18.5 Å². The fourth-order valence-corrected chi connectivity index (χ4v) is 1.77. The summed E-state index contributed by atoms with van der Waals surface area (Å²) in [6.45, 7) is 5.61. The number of hydrogen-bond acceptors (Lipinski definition) is 4. The van der Waals surface area contributed by atoms with Crippen LogP contribution in [0.1, 0.15) is 42.2 Å². The molecule has 0 bridgehead atoms. The lowest BCUT2D eigenvalue weighted by Crippen LogP contribution is -2.30. The minimum atomic E-state index is -0.340. The molecule has 0 spiro atoms. The smallest absolute Gasteiger partial charge is 0.251 e. The summed E-state index contributed by atoms with van der Waals surface area (Å²) in [5.41, 5.74) is 7.42. The standard InChI is InChI=1S/C15H25N3O2/c1-11(19)10-17-8-3-9-18-15(20)14-6-4-13(5-7-14)12(2)16/h4-7,11-12,17,19H,3,8-10,16H2,1-2H3,(H,18,20). The Morgan fingerprint density at radius 1 is 1.25 bits per heavy atom. The Labute approximate surface area is 120 Å². The monoisotopic (exact) mass is 279 g/mol. The number of carbonyl (C=O) groups excluding carboxylic acids is 1. The highest BCUT2D eigenvalue weighted by Gasteiger charge is 2.05. The average Bonchev–Trinajstić information content (AvgIpc) is 2.42. The molecular formula is C15H25N3O2. The van der Waals surface area contributed by atoms with E-state index in [1.807, 2.05) is 19.1 Å². The van der Waals surface area contributed by atoms with E-state index in [1.54, 1.807) is 19.1 Å². The molecule has 1 amide bonds. The van der Waals surface area contributed by atoms with Gasteiger partial charge in [0.2, 0.25) is 0 Å². The van der Waals surface area contributed by atoms with Gasteiger partial charge in [-0.25, -0.2) is 0 Å². The van der Waals surface area contributed by atoms with Crippen LogP contribution in [0, 0.1) is 0 Å². The summed E-state index contributed by atoms with van der Waals surface area (Å²) >= 11 is 0. The van der Waals surface area contributed by atoms with Gasteiger partial charge in [-0.2, -0.15) is 0 Å². The zero-order chi connectivity index (χ0) is 15.0. The largest absolute Gasteiger partial charge is 0.392 e. The summed E-state index contributed by atoms with van der Waals surface area (Å²) in [7, 11) is 0. The van der Waals surface area contributed by atoms with E-state index in [1.165, 1.54) is 0 Å². The second-order valence-corrected chi connectivity index (χ2v) is 5.07. The molecule has 0 saturated carbocycles. The quantitative estimate of drug-likeness (QED) is 0.530. The number of nitrogens with two attached hydrogens (primary N) is 1. The first kappa shape index (κ1) is 16.6. The highest BCUT2D eigenvalue weighted by Crippen LogP contribution is 2.10. The zero-order valence-electron chi connectivity index (χ0n) is 12.2. The summed E-state index contributed by atoms with van der Waals surface area (Å²) in [5.74, 6) is -0.0725. The summed E-state index contributed by atoms with van der Waals surface area (Å²) < 4.78 is 0. The molecule has 2 atom stereocenters. The summed E-state index contributed by atoms with van der Waals surface area (Å²) in [5, 5.41) is 15.0. The highest BCUT2D eigenvalue weighted by atomic mass is 16.3. The molecule has 0 aromatic heterocycles. The number of aliphatic hydroxyl groups is 1. The van der Waals surface area contributed by atoms with Crippen molar-refractivity contribution in [3.63, 3.8) is 0 Å². The van der Waals surface area contributed by atoms with Gasteiger partial charge >= 0.3 is 0 Å². The Morgan fingerprint density at radius 3 is 2.45 bits per heavy atom. The van der Waals surface area contributed by atoms with Crippen LogP contribution in [0.25, 0.3) is 0 Å². The highest BCUT2D eigenvalue weighted by molar-refractivity contribution is 5.94. The van der Waals surface area contributed by atoms with Crippen molar-refractivity contribution >= 4 is 5.91 Å². The lowest BCUT2D eigenvalue weighted by molar-refractivity contribution is 0.0953. The minimum absolute atomic E-state index is 0.0212. The Hall–Kier alpha value is -1.43. The van der Waals surface area contributed by atoms with Gasteiger partial charge in [-0.1, -0.05) is 12.1 Å². The normalized spacial score (nSPS) is 13.8. The summed E-state index contributed by atoms with van der Waals surface area (Å²) in [6, 6.07) is 7.32. The number of nitrogens with one attached hydrogen (secondary N) is 2. The van der Waals surface area contributed by atoms with Crippen molar-refractivity contribution in [3.05, 3.63) is 35.4 Å². The number of rotatable bonds is 8. The van der Waals surface area contributed by atoms with Gasteiger partial charge in [0.15, 0.2) is 0 Å². The molecule has 0 fully saturated rings. The van der Waals surface area contributed by atoms with Crippen LogP contribution in [0.15, 0.2) is 24.3 Å². The third kappa shape index (κ3) is 6.14. The van der Waals surface area contributed by atoms with Crippen molar-refractivity contribution in [2.75, 3.05) is 19.6 Å². The first-order valence-electron chi connectivity index (χ1n) is 7.03. The van der Waals surface area contributed by atoms with E-state index in [-0.39, 0.29) is 18.1 Å². The second kappa shape index (κ2) is 8.68. The third-order valence-corrected chi connectivity index (χ3v) is 2.95. The molecule has 0 heterocycles. The molecule has 5 heteroatoms. The van der Waals surface area contributed by atoms with Crippen LogP contribution in [0.3, 0.4) is 0 Å². The fraction of sp³-hybridized carbons (Fsp3) is 0.533. The molecule has 1 aromatic carbocycles. The average molecular weight is 279 g/mol. The Balaban J connectivity index is 2.25. The van der Waals surface area contributed by atoms with Gasteiger partial charge in [-0.05, 0) is 44.5 Å². The van der Waals surface area contributed by atoms with Gasteiger partial charge in [0, 0.05) is 24.7 Å². The molecule has 0 saturated heterocycles. The van der Waals surface area contributed by atoms with Gasteiger partial charge < -0.3 is 21.5 Å². The van der Waals surface area contributed by atoms with E-state index >= 15 is 0 Å². The van der Waals surface area contributed by atoms with Gasteiger partial charge in [0.1, 0.15) is 0 Å². The van der Waals surface area contributed by atoms with Crippen LogP contribution in [0.5, 0.6) is 0 Å². The van der Waals surface area contributed by atoms with Crippen LogP contribution in [-0.4, -0.2) is 36.8 Å². The van der Waals surface area contributed by atoms with Crippen molar-refractivity contribution in [2.45, 2.75) is 32.4 Å². The lowest BCUT2D eigenvalue weighted by Gasteiger charge is -2.09. The Bertz CT molecular complexity index is 402. The molecule has 2 unspecified atom stereocenters. The molecule has 5 N–H and O–H groups in total. The van der Waals surface area contributed by atoms with Crippen molar-refractivity contribution < 1.29 is 9.90 Å². The van der Waals surface area contributed by atoms with E-state index in [0.29, 0.717) is 18.7 Å². The zero-order valence-corrected chi connectivity index (χ0v) is 12.2. The fourth-order valence-electron chi connectivity index (χ4n) is 1.77. The molecule has 5 nitrogen and oxygen atoms in total. The summed E-state index contributed by atoms with van der Waals surface area (Å²) in [4.78, 5) is 11.9. The van der Waals surface area contributed by atoms with Crippen molar-refractivity contribution in [1.82, 2.24) is 10.6 Å². The van der Waals surface area contributed by atoms with Crippen LogP contribution in [0.4, 0.5) is 0 Å². The maximum Gasteiger partial charge on any atom is 0.251 e. The Kier molecular flexibility index (Phi) is 7.22. The number of carbonyl (C=O) groups is 1. The number of hydrogen-bond donors (Lipinski definition) is 4. The number of benzene rings is 1. The summed E-state index contributed by atoms with van der Waals surface area (Å²) in [6.07, 6.45) is 0.490. The van der Waals surface area contributed by atoms with Crippen LogP contribution in [-0.2, 0) is 0 Å². The molecule has 0 aliphatic rings. The van der Waals surface area contributed by atoms with E-state index in [9.17, 15) is 4.79 Å². The number of amides is 1. The van der Waals surface area contributed by atoms with Gasteiger partial charge in [-0.3, -0.25) is 4.79 Å². The van der Waals surface area contributed by atoms with Gasteiger partial charge in [0.05, 0.1) is 6.10 Å². The van der Waals surface area contributed by atoms with Gasteiger partial charge in [0.25, 0.3) is 5.91 Å². The van der Waals surface area contributed by atoms with E-state index < -0.39 is 0 Å². The molecule has 0 aliphatic heterocycles. The Morgan fingerprint density at radius 2 is 1.90 bits per heavy atom. The first-order chi connectivity index (χ1) is 9.50. The van der Waals surface area contributed by atoms with E-state index in [2.05, 4.69) is 10.6 Å². The van der Waals surface area contributed by atoms with Crippen molar-refractivity contribution in [1.29, 1.82) is 0 Å². The van der Waals surface area contributed by atoms with Crippen molar-refractivity contribution in [2.24, 2.45) is 5.73 Å². The van der Waals surface area contributed by atoms with Crippen LogP contribution >= 0.6 is 0 Å². The van der Waals surface area contributed by atoms with E-state index in [4.69, 9.17) is 10.8 Å². The third-order valence-electron chi connectivity index (χ3n) is 2.95. The van der Waals surface area contributed by atoms with Crippen LogP contribution in [0.2, 0.25) is 0 Å². The first-order valence-corrected chi connectivity index (χ1v) is 7.03. The number of aliphatic hydroxyl groups excluding tert-OH is 1. The molecule has 1 aromatic rings. The predicted octanol–water partition coefficient (Wildman–Crippen LogP) is 0.797. The maximum atomic E-state index is 11.9. The molecule has 0 radical (unpaired) electrons. The molecule has 112 valence electrons. The minimum Gasteiger partial charge on any atom is -0.392 e. The molecule has 20 heavy (non-hydrogen) atoms. The van der Waals surface area contributed by atoms with Crippen molar-refractivity contribution in [3.8, 4) is 0 Å². The SMILES string of the molecule is CC(O)CNCCCNC(=O)c1ccc(C(C)N)cc1. The van der Waals surface area contributed by atoms with Crippen LogP contribution < -0.4 is 16.4 Å².